The average Bonchev–Trinajstić information content (AvgIpc) is 2.12. The Labute approximate surface area is 80.4 Å². The van der Waals surface area contributed by atoms with Gasteiger partial charge in [0.2, 0.25) is 0 Å². The summed E-state index contributed by atoms with van der Waals surface area (Å²) in [5.41, 5.74) is 0. The minimum atomic E-state index is 0.588. The van der Waals surface area contributed by atoms with Gasteiger partial charge in [0.25, 0.3) is 0 Å². The number of thioether (sulfide) groups is 1. The minimum absolute atomic E-state index is 0.588. The van der Waals surface area contributed by atoms with Crippen LogP contribution in [-0.2, 0) is 0 Å². The van der Waals surface area contributed by atoms with Crippen molar-refractivity contribution in [3.8, 4) is 0 Å². The molecule has 0 aromatic carbocycles. The van der Waals surface area contributed by atoms with Crippen molar-refractivity contribution < 1.29 is 0 Å². The van der Waals surface area contributed by atoms with Crippen LogP contribution in [0.2, 0.25) is 0 Å². The Morgan fingerprint density at radius 2 is 2.08 bits per heavy atom. The van der Waals surface area contributed by atoms with Gasteiger partial charge in [0, 0.05) is 13.1 Å². The Balaban J connectivity index is 4.01. The third-order valence-corrected chi connectivity index (χ3v) is 2.92. The Morgan fingerprint density at radius 1 is 1.42 bits per heavy atom. The van der Waals surface area contributed by atoms with E-state index < -0.39 is 0 Å². The van der Waals surface area contributed by atoms with Crippen LogP contribution in [0.3, 0.4) is 0 Å². The van der Waals surface area contributed by atoms with Crippen molar-refractivity contribution in [1.29, 1.82) is 0 Å². The van der Waals surface area contributed by atoms with Gasteiger partial charge in [-0.2, -0.15) is 0 Å². The zero-order chi connectivity index (χ0) is 9.40. The van der Waals surface area contributed by atoms with E-state index in [0.717, 1.165) is 13.1 Å². The highest BCUT2D eigenvalue weighted by molar-refractivity contribution is 7.99. The minimum Gasteiger partial charge on any atom is -0.351 e. The second kappa shape index (κ2) is 7.47. The van der Waals surface area contributed by atoms with E-state index in [9.17, 15) is 0 Å². The van der Waals surface area contributed by atoms with E-state index in [2.05, 4.69) is 36.9 Å². The Bertz CT molecular complexity index is 122. The maximum Gasteiger partial charge on any atom is 0.0858 e. The van der Waals surface area contributed by atoms with Crippen molar-refractivity contribution in [2.75, 3.05) is 19.3 Å². The highest BCUT2D eigenvalue weighted by atomic mass is 32.2. The van der Waals surface area contributed by atoms with Crippen LogP contribution in [-0.4, -0.2) is 36.0 Å². The standard InChI is InChI=1S/C9H20N2S/c1-5-9(12-4)11(7-3)8-10-6-2/h8-9H,5-7H2,1-4H3. The molecule has 1 atom stereocenters. The summed E-state index contributed by atoms with van der Waals surface area (Å²) in [6, 6.07) is 0. The van der Waals surface area contributed by atoms with Crippen LogP contribution in [0.25, 0.3) is 0 Å². The molecule has 2 nitrogen and oxygen atoms in total. The average molecular weight is 188 g/mol. The molecule has 0 aliphatic carbocycles. The molecule has 0 spiro atoms. The number of hydrogen-bond acceptors (Lipinski definition) is 2. The van der Waals surface area contributed by atoms with Crippen LogP contribution < -0.4 is 0 Å². The van der Waals surface area contributed by atoms with E-state index in [0.29, 0.717) is 5.37 Å². The molecule has 72 valence electrons. The quantitative estimate of drug-likeness (QED) is 0.361. The summed E-state index contributed by atoms with van der Waals surface area (Å²) in [6.45, 7) is 8.36. The van der Waals surface area contributed by atoms with Crippen LogP contribution in [0, 0.1) is 0 Å². The van der Waals surface area contributed by atoms with Gasteiger partial charge >= 0.3 is 0 Å². The Kier molecular flexibility index (Phi) is 7.36. The molecule has 12 heavy (non-hydrogen) atoms. The first-order chi connectivity index (χ1) is 5.79. The van der Waals surface area contributed by atoms with Crippen LogP contribution in [0.1, 0.15) is 27.2 Å². The SMILES string of the molecule is CCN=CN(CC)C(CC)SC. The largest absolute Gasteiger partial charge is 0.351 e. The van der Waals surface area contributed by atoms with E-state index in [-0.39, 0.29) is 0 Å². The van der Waals surface area contributed by atoms with E-state index in [1.54, 1.807) is 0 Å². The maximum absolute atomic E-state index is 4.25. The summed E-state index contributed by atoms with van der Waals surface area (Å²) in [4.78, 5) is 6.53. The molecular formula is C9H20N2S. The molecule has 0 aliphatic rings. The van der Waals surface area contributed by atoms with Gasteiger partial charge in [-0.15, -0.1) is 11.8 Å². The molecule has 0 aliphatic heterocycles. The van der Waals surface area contributed by atoms with Crippen molar-refractivity contribution in [2.45, 2.75) is 32.6 Å². The van der Waals surface area contributed by atoms with Gasteiger partial charge in [0.1, 0.15) is 0 Å². The van der Waals surface area contributed by atoms with Crippen LogP contribution in [0.4, 0.5) is 0 Å². The van der Waals surface area contributed by atoms with Gasteiger partial charge in [0.05, 0.1) is 11.7 Å². The third-order valence-electron chi connectivity index (χ3n) is 1.77. The number of hydrogen-bond donors (Lipinski definition) is 0. The molecule has 0 saturated carbocycles. The summed E-state index contributed by atoms with van der Waals surface area (Å²) in [5.74, 6) is 0. The highest BCUT2D eigenvalue weighted by Crippen LogP contribution is 2.13. The van der Waals surface area contributed by atoms with Crippen molar-refractivity contribution in [1.82, 2.24) is 4.90 Å². The number of rotatable bonds is 6. The molecular weight excluding hydrogens is 168 g/mol. The Morgan fingerprint density at radius 3 is 2.42 bits per heavy atom. The molecule has 0 N–H and O–H groups in total. The van der Waals surface area contributed by atoms with Crippen LogP contribution in [0.15, 0.2) is 4.99 Å². The Hall–Kier alpha value is -0.180. The lowest BCUT2D eigenvalue weighted by molar-refractivity contribution is 0.418. The van der Waals surface area contributed by atoms with Gasteiger partial charge in [-0.25, -0.2) is 0 Å². The molecule has 0 bridgehead atoms. The topological polar surface area (TPSA) is 15.6 Å². The molecule has 3 heteroatoms. The van der Waals surface area contributed by atoms with Gasteiger partial charge in [-0.3, -0.25) is 4.99 Å². The zero-order valence-corrected chi connectivity index (χ0v) is 9.40. The first-order valence-corrected chi connectivity index (χ1v) is 5.87. The van der Waals surface area contributed by atoms with E-state index in [1.807, 2.05) is 18.1 Å². The molecule has 0 fully saturated rings. The molecule has 0 rings (SSSR count). The first-order valence-electron chi connectivity index (χ1n) is 4.58. The van der Waals surface area contributed by atoms with Crippen molar-refractivity contribution in [3.63, 3.8) is 0 Å². The predicted octanol–water partition coefficient (Wildman–Crippen LogP) is 2.46. The van der Waals surface area contributed by atoms with Gasteiger partial charge in [-0.1, -0.05) is 6.92 Å². The summed E-state index contributed by atoms with van der Waals surface area (Å²) >= 11 is 1.89. The lowest BCUT2D eigenvalue weighted by Gasteiger charge is -2.26. The monoisotopic (exact) mass is 188 g/mol. The van der Waals surface area contributed by atoms with Crippen LogP contribution >= 0.6 is 11.8 Å². The lowest BCUT2D eigenvalue weighted by atomic mass is 10.4. The summed E-state index contributed by atoms with van der Waals surface area (Å²) in [5, 5.41) is 0.588. The highest BCUT2D eigenvalue weighted by Gasteiger charge is 2.09. The second-order valence-electron chi connectivity index (χ2n) is 2.54. The van der Waals surface area contributed by atoms with E-state index in [1.165, 1.54) is 6.42 Å². The number of nitrogens with zero attached hydrogens (tertiary/aromatic N) is 2. The van der Waals surface area contributed by atoms with Crippen molar-refractivity contribution in [3.05, 3.63) is 0 Å². The fourth-order valence-corrected chi connectivity index (χ4v) is 1.89. The number of aliphatic imine (C=N–C) groups is 1. The smallest absolute Gasteiger partial charge is 0.0858 e. The third kappa shape index (κ3) is 4.00. The molecule has 0 radical (unpaired) electrons. The lowest BCUT2D eigenvalue weighted by Crippen LogP contribution is -2.30. The first kappa shape index (κ1) is 11.8. The van der Waals surface area contributed by atoms with Gasteiger partial charge < -0.3 is 4.90 Å². The molecule has 0 saturated heterocycles. The summed E-state index contributed by atoms with van der Waals surface area (Å²) < 4.78 is 0. The van der Waals surface area contributed by atoms with Crippen molar-refractivity contribution in [2.24, 2.45) is 4.99 Å². The maximum atomic E-state index is 4.25. The van der Waals surface area contributed by atoms with Gasteiger partial charge in [-0.05, 0) is 26.5 Å². The molecule has 0 amide bonds. The van der Waals surface area contributed by atoms with Gasteiger partial charge in [0.15, 0.2) is 0 Å². The predicted molar refractivity (Wildman–Crippen MR) is 59.0 cm³/mol. The molecule has 0 heterocycles. The second-order valence-corrected chi connectivity index (χ2v) is 3.56. The fraction of sp³-hybridized carbons (Fsp3) is 0.889. The van der Waals surface area contributed by atoms with E-state index in [4.69, 9.17) is 0 Å². The molecule has 0 aromatic rings. The summed E-state index contributed by atoms with van der Waals surface area (Å²) in [6.07, 6.45) is 5.30. The fourth-order valence-electron chi connectivity index (χ4n) is 1.08. The summed E-state index contributed by atoms with van der Waals surface area (Å²) in [7, 11) is 0. The normalized spacial score (nSPS) is 13.7. The molecule has 1 unspecified atom stereocenters. The van der Waals surface area contributed by atoms with E-state index >= 15 is 0 Å². The zero-order valence-electron chi connectivity index (χ0n) is 8.58. The molecule has 0 aromatic heterocycles. The van der Waals surface area contributed by atoms with Crippen molar-refractivity contribution >= 4 is 18.1 Å². The van der Waals surface area contributed by atoms with Crippen LogP contribution in [0.5, 0.6) is 0 Å².